The number of nitrogens with zero attached hydrogens (tertiary/aromatic N) is 2. The Hall–Kier alpha value is -1.85. The smallest absolute Gasteiger partial charge is 0.207 e. The number of hydrogen-bond donors (Lipinski definition) is 1. The molecule has 1 N–H and O–H groups in total. The molecule has 0 fully saturated rings. The Balaban J connectivity index is 2.08. The first-order valence-electron chi connectivity index (χ1n) is 6.69. The second-order valence-electron chi connectivity index (χ2n) is 4.50. The maximum Gasteiger partial charge on any atom is 0.207 e. The number of aromatic nitrogens is 2. The van der Waals surface area contributed by atoms with Gasteiger partial charge in [0.05, 0.1) is 6.61 Å². The molecule has 0 saturated heterocycles. The van der Waals surface area contributed by atoms with Crippen LogP contribution >= 0.6 is 0 Å². The second-order valence-corrected chi connectivity index (χ2v) is 4.50. The van der Waals surface area contributed by atoms with E-state index in [0.717, 1.165) is 36.8 Å². The Bertz CT molecular complexity index is 525. The monoisotopic (exact) mass is 275 g/mol. The summed E-state index contributed by atoms with van der Waals surface area (Å²) in [5, 5.41) is 3.32. The van der Waals surface area contributed by atoms with Gasteiger partial charge in [-0.1, -0.05) is 12.1 Å². The molecule has 2 aromatic rings. The van der Waals surface area contributed by atoms with Gasteiger partial charge in [-0.25, -0.2) is 4.98 Å². The van der Waals surface area contributed by atoms with Crippen molar-refractivity contribution in [3.63, 3.8) is 0 Å². The number of hydrogen-bond acceptors (Lipinski definition) is 4. The minimum atomic E-state index is 0.610. The van der Waals surface area contributed by atoms with E-state index in [4.69, 9.17) is 9.47 Å². The van der Waals surface area contributed by atoms with Crippen LogP contribution < -0.4 is 5.32 Å². The van der Waals surface area contributed by atoms with E-state index in [-0.39, 0.29) is 0 Å². The van der Waals surface area contributed by atoms with Crippen molar-refractivity contribution in [3.05, 3.63) is 42.2 Å². The number of ether oxygens (including phenoxy) is 2. The molecule has 20 heavy (non-hydrogen) atoms. The quantitative estimate of drug-likeness (QED) is 0.752. The fraction of sp³-hybridized carbons (Fsp3) is 0.400. The molecule has 0 radical (unpaired) electrons. The Kier molecular flexibility index (Phi) is 5.58. The first-order chi connectivity index (χ1) is 9.85. The highest BCUT2D eigenvalue weighted by Crippen LogP contribution is 2.16. The van der Waals surface area contributed by atoms with Crippen LogP contribution in [0.25, 0.3) is 5.69 Å². The van der Waals surface area contributed by atoms with Gasteiger partial charge in [-0.3, -0.25) is 4.57 Å². The largest absolute Gasteiger partial charge is 0.385 e. The summed E-state index contributed by atoms with van der Waals surface area (Å²) in [5.74, 6) is 0.843. The summed E-state index contributed by atoms with van der Waals surface area (Å²) in [6.45, 7) is 2.19. The van der Waals surface area contributed by atoms with Crippen LogP contribution in [0.2, 0.25) is 0 Å². The molecule has 108 valence electrons. The summed E-state index contributed by atoms with van der Waals surface area (Å²) in [6, 6.07) is 8.24. The van der Waals surface area contributed by atoms with E-state index >= 15 is 0 Å². The number of imidazole rings is 1. The van der Waals surface area contributed by atoms with Crippen molar-refractivity contribution >= 4 is 5.95 Å². The van der Waals surface area contributed by atoms with Crippen LogP contribution in [-0.2, 0) is 16.1 Å². The molecule has 1 aromatic carbocycles. The molecule has 1 aromatic heterocycles. The summed E-state index contributed by atoms with van der Waals surface area (Å²) in [5.41, 5.74) is 2.22. The standard InChI is InChI=1S/C15H21N3O2/c1-19-10-4-7-16-15-17-8-9-18(15)14-6-3-5-13(11-14)12-20-2/h3,5-6,8-9,11H,4,7,10,12H2,1-2H3,(H,16,17). The van der Waals surface area contributed by atoms with Crippen LogP contribution in [-0.4, -0.2) is 36.9 Å². The first kappa shape index (κ1) is 14.6. The van der Waals surface area contributed by atoms with Crippen molar-refractivity contribution in [1.82, 2.24) is 9.55 Å². The number of anilines is 1. The molecule has 0 aliphatic heterocycles. The van der Waals surface area contributed by atoms with E-state index in [0.29, 0.717) is 6.61 Å². The van der Waals surface area contributed by atoms with Gasteiger partial charge in [0, 0.05) is 45.5 Å². The van der Waals surface area contributed by atoms with Gasteiger partial charge in [0.25, 0.3) is 0 Å². The Morgan fingerprint density at radius 2 is 2.15 bits per heavy atom. The third kappa shape index (κ3) is 3.82. The summed E-state index contributed by atoms with van der Waals surface area (Å²) in [4.78, 5) is 4.35. The minimum Gasteiger partial charge on any atom is -0.385 e. The Morgan fingerprint density at radius 1 is 1.25 bits per heavy atom. The summed E-state index contributed by atoms with van der Waals surface area (Å²) >= 11 is 0. The average molecular weight is 275 g/mol. The molecule has 5 heteroatoms. The van der Waals surface area contributed by atoms with Gasteiger partial charge in [0.15, 0.2) is 0 Å². The maximum atomic E-state index is 5.17. The zero-order chi connectivity index (χ0) is 14.2. The predicted molar refractivity (Wildman–Crippen MR) is 79.3 cm³/mol. The van der Waals surface area contributed by atoms with Crippen LogP contribution in [0, 0.1) is 0 Å². The minimum absolute atomic E-state index is 0.610. The lowest BCUT2D eigenvalue weighted by molar-refractivity contribution is 0.185. The second kappa shape index (κ2) is 7.67. The lowest BCUT2D eigenvalue weighted by Gasteiger charge is -2.11. The predicted octanol–water partition coefficient (Wildman–Crippen LogP) is 2.47. The van der Waals surface area contributed by atoms with Gasteiger partial charge in [-0.15, -0.1) is 0 Å². The van der Waals surface area contributed by atoms with Gasteiger partial charge in [0.2, 0.25) is 5.95 Å². The van der Waals surface area contributed by atoms with E-state index in [1.165, 1.54) is 0 Å². The van der Waals surface area contributed by atoms with E-state index in [2.05, 4.69) is 28.5 Å². The molecule has 0 amide bonds. The molecule has 2 rings (SSSR count). The molecule has 5 nitrogen and oxygen atoms in total. The molecule has 0 saturated carbocycles. The van der Waals surface area contributed by atoms with Crippen LogP contribution in [0.4, 0.5) is 5.95 Å². The van der Waals surface area contributed by atoms with E-state index in [1.54, 1.807) is 20.4 Å². The molecular weight excluding hydrogens is 254 g/mol. The number of methoxy groups -OCH3 is 2. The van der Waals surface area contributed by atoms with Gasteiger partial charge in [-0.05, 0) is 24.1 Å². The van der Waals surface area contributed by atoms with Gasteiger partial charge in [-0.2, -0.15) is 0 Å². The van der Waals surface area contributed by atoms with Crippen molar-refractivity contribution in [2.24, 2.45) is 0 Å². The van der Waals surface area contributed by atoms with Crippen molar-refractivity contribution in [2.45, 2.75) is 13.0 Å². The number of nitrogens with one attached hydrogen (secondary N) is 1. The Labute approximate surface area is 119 Å². The average Bonchev–Trinajstić information content (AvgIpc) is 2.93. The van der Waals surface area contributed by atoms with E-state index in [9.17, 15) is 0 Å². The first-order valence-corrected chi connectivity index (χ1v) is 6.69. The van der Waals surface area contributed by atoms with Crippen molar-refractivity contribution in [2.75, 3.05) is 32.7 Å². The van der Waals surface area contributed by atoms with Crippen LogP contribution in [0.3, 0.4) is 0 Å². The fourth-order valence-corrected chi connectivity index (χ4v) is 2.02. The van der Waals surface area contributed by atoms with Gasteiger partial charge < -0.3 is 14.8 Å². The molecular formula is C15H21N3O2. The van der Waals surface area contributed by atoms with Gasteiger partial charge in [0.1, 0.15) is 0 Å². The Morgan fingerprint density at radius 3 is 2.95 bits per heavy atom. The summed E-state index contributed by atoms with van der Waals surface area (Å²) in [7, 11) is 3.41. The van der Waals surface area contributed by atoms with Crippen LogP contribution in [0.15, 0.2) is 36.7 Å². The SMILES string of the molecule is COCCCNc1nccn1-c1cccc(COC)c1. The highest BCUT2D eigenvalue weighted by atomic mass is 16.5. The van der Waals surface area contributed by atoms with Crippen molar-refractivity contribution in [3.8, 4) is 5.69 Å². The zero-order valence-electron chi connectivity index (χ0n) is 12.0. The fourth-order valence-electron chi connectivity index (χ4n) is 2.02. The molecule has 0 spiro atoms. The third-order valence-corrected chi connectivity index (χ3v) is 2.95. The normalized spacial score (nSPS) is 10.7. The highest BCUT2D eigenvalue weighted by Gasteiger charge is 2.05. The van der Waals surface area contributed by atoms with Crippen LogP contribution in [0.5, 0.6) is 0 Å². The maximum absolute atomic E-state index is 5.17. The molecule has 1 heterocycles. The number of benzene rings is 1. The van der Waals surface area contributed by atoms with Crippen LogP contribution in [0.1, 0.15) is 12.0 Å². The highest BCUT2D eigenvalue weighted by molar-refractivity contribution is 5.43. The molecule has 0 atom stereocenters. The molecule has 0 aliphatic rings. The van der Waals surface area contributed by atoms with E-state index in [1.807, 2.05) is 16.8 Å². The molecule has 0 aliphatic carbocycles. The summed E-state index contributed by atoms with van der Waals surface area (Å²) in [6.07, 6.45) is 4.69. The lowest BCUT2D eigenvalue weighted by Crippen LogP contribution is -2.09. The number of rotatable bonds is 8. The van der Waals surface area contributed by atoms with E-state index < -0.39 is 0 Å². The topological polar surface area (TPSA) is 48.3 Å². The zero-order valence-corrected chi connectivity index (χ0v) is 12.0. The lowest BCUT2D eigenvalue weighted by atomic mass is 10.2. The van der Waals surface area contributed by atoms with Crippen molar-refractivity contribution < 1.29 is 9.47 Å². The molecule has 0 bridgehead atoms. The van der Waals surface area contributed by atoms with Crippen molar-refractivity contribution in [1.29, 1.82) is 0 Å². The third-order valence-electron chi connectivity index (χ3n) is 2.95. The molecule has 0 unspecified atom stereocenters. The van der Waals surface area contributed by atoms with Gasteiger partial charge >= 0.3 is 0 Å². The summed E-state index contributed by atoms with van der Waals surface area (Å²) < 4.78 is 12.2.